The van der Waals surface area contributed by atoms with Gasteiger partial charge in [-0.15, -0.1) is 0 Å². The van der Waals surface area contributed by atoms with Gasteiger partial charge >= 0.3 is 0 Å². The summed E-state index contributed by atoms with van der Waals surface area (Å²) in [5, 5.41) is 2.61. The van der Waals surface area contributed by atoms with Crippen molar-refractivity contribution in [1.29, 1.82) is 0 Å². The Morgan fingerprint density at radius 2 is 1.68 bits per heavy atom. The van der Waals surface area contributed by atoms with Crippen LogP contribution in [-0.2, 0) is 6.54 Å². The number of fused-ring (bicyclic) bond motifs is 1. The predicted octanol–water partition coefficient (Wildman–Crippen LogP) is 4.05. The Morgan fingerprint density at radius 3 is 2.35 bits per heavy atom. The molecule has 0 bridgehead atoms. The molecule has 5 rings (SSSR count). The number of anilines is 2. The number of carbonyl (C=O) groups is 1. The predicted molar refractivity (Wildman–Crippen MR) is 130 cm³/mol. The molecule has 1 amide bonds. The van der Waals surface area contributed by atoms with Gasteiger partial charge in [-0.1, -0.05) is 12.1 Å². The summed E-state index contributed by atoms with van der Waals surface area (Å²) in [6.45, 7) is 8.58. The van der Waals surface area contributed by atoms with Crippen LogP contribution in [0.5, 0.6) is 0 Å². The number of nitrogens with two attached hydrogens (primary N) is 1. The molecule has 6 nitrogen and oxygen atoms in total. The van der Waals surface area contributed by atoms with Crippen molar-refractivity contribution in [1.82, 2.24) is 15.2 Å². The van der Waals surface area contributed by atoms with Crippen molar-refractivity contribution in [3.63, 3.8) is 0 Å². The molecule has 0 unspecified atom stereocenters. The molecule has 2 aliphatic heterocycles. The molecule has 8 heteroatoms. The zero-order valence-corrected chi connectivity index (χ0v) is 19.2. The lowest BCUT2D eigenvalue weighted by Crippen LogP contribution is -2.48. The normalized spacial score (nSPS) is 16.1. The van der Waals surface area contributed by atoms with Crippen molar-refractivity contribution >= 4 is 17.4 Å². The highest BCUT2D eigenvalue weighted by Crippen LogP contribution is 2.35. The Kier molecular flexibility index (Phi) is 5.69. The molecule has 3 aromatic rings. The summed E-state index contributed by atoms with van der Waals surface area (Å²) in [5.41, 5.74) is 9.52. The molecule has 3 N–H and O–H groups in total. The lowest BCUT2D eigenvalue weighted by Gasteiger charge is -2.38. The number of amides is 1. The van der Waals surface area contributed by atoms with E-state index in [1.165, 1.54) is 6.07 Å². The molecule has 176 valence electrons. The third-order valence-corrected chi connectivity index (χ3v) is 6.74. The zero-order valence-electron chi connectivity index (χ0n) is 19.2. The van der Waals surface area contributed by atoms with E-state index >= 15 is 0 Å². The van der Waals surface area contributed by atoms with Crippen LogP contribution in [0, 0.1) is 11.8 Å². The zero-order chi connectivity index (χ0) is 24.0. The van der Waals surface area contributed by atoms with E-state index in [1.54, 1.807) is 12.1 Å². The van der Waals surface area contributed by atoms with E-state index in [0.717, 1.165) is 31.9 Å². The van der Waals surface area contributed by atoms with Gasteiger partial charge in [-0.3, -0.25) is 9.69 Å². The van der Waals surface area contributed by atoms with Crippen LogP contribution >= 0.6 is 0 Å². The monoisotopic (exact) mass is 463 g/mol. The quantitative estimate of drug-likeness (QED) is 0.571. The summed E-state index contributed by atoms with van der Waals surface area (Å²) in [5.74, 6) is -1.78. The van der Waals surface area contributed by atoms with Crippen LogP contribution in [0.4, 0.5) is 20.3 Å². The van der Waals surface area contributed by atoms with Crippen molar-refractivity contribution in [3.05, 3.63) is 65.4 Å². The van der Waals surface area contributed by atoms with Gasteiger partial charge in [0.15, 0.2) is 0 Å². The third-order valence-electron chi connectivity index (χ3n) is 6.74. The average molecular weight is 464 g/mol. The van der Waals surface area contributed by atoms with Crippen LogP contribution < -0.4 is 16.0 Å². The number of halogens is 2. The molecule has 0 atom stereocenters. The van der Waals surface area contributed by atoms with Crippen LogP contribution in [0.15, 0.2) is 42.5 Å². The molecular formula is C26H27F2N5O. The van der Waals surface area contributed by atoms with E-state index in [2.05, 4.69) is 33.9 Å². The Labute approximate surface area is 197 Å². The van der Waals surface area contributed by atoms with E-state index in [-0.39, 0.29) is 23.5 Å². The van der Waals surface area contributed by atoms with Crippen LogP contribution in [-0.4, -0.2) is 48.0 Å². The topological polar surface area (TPSA) is 74.5 Å². The Balaban J connectivity index is 1.44. The van der Waals surface area contributed by atoms with Crippen LogP contribution in [0.2, 0.25) is 0 Å². The number of piperazine rings is 1. The summed E-state index contributed by atoms with van der Waals surface area (Å²) in [4.78, 5) is 20.5. The fourth-order valence-electron chi connectivity index (χ4n) is 4.76. The standard InChI is InChI=1S/C26H27F2N5O/c1-15(2)32-7-9-33(10-8-32)19-5-3-16(4-6-19)20-13-21(25(29)31-24(20)28)17-11-18-14-30-26(34)23(18)22(27)12-17/h3-6,11-13,15H,7-10,14H2,1-2H3,(H2,29,31)(H,30,34). The summed E-state index contributed by atoms with van der Waals surface area (Å²) in [7, 11) is 0. The highest BCUT2D eigenvalue weighted by Gasteiger charge is 2.25. The first-order chi connectivity index (χ1) is 16.3. The number of aromatic nitrogens is 1. The van der Waals surface area contributed by atoms with Gasteiger partial charge in [0.2, 0.25) is 5.95 Å². The second kappa shape index (κ2) is 8.68. The molecule has 2 aromatic carbocycles. The maximum atomic E-state index is 14.8. The van der Waals surface area contributed by atoms with E-state index in [0.29, 0.717) is 28.3 Å². The van der Waals surface area contributed by atoms with Crippen molar-refractivity contribution < 1.29 is 13.6 Å². The van der Waals surface area contributed by atoms with Gasteiger partial charge in [0.05, 0.1) is 5.56 Å². The fraction of sp³-hybridized carbons (Fsp3) is 0.308. The number of pyridine rings is 1. The Morgan fingerprint density at radius 1 is 0.971 bits per heavy atom. The lowest BCUT2D eigenvalue weighted by molar-refractivity contribution is 0.0962. The number of hydrogen-bond donors (Lipinski definition) is 2. The summed E-state index contributed by atoms with van der Waals surface area (Å²) in [6, 6.07) is 12.8. The average Bonchev–Trinajstić information content (AvgIpc) is 3.20. The minimum absolute atomic E-state index is 0.0301. The van der Waals surface area contributed by atoms with Gasteiger partial charge in [0.25, 0.3) is 5.91 Å². The Bertz CT molecular complexity index is 1250. The molecule has 3 heterocycles. The van der Waals surface area contributed by atoms with Crippen LogP contribution in [0.25, 0.3) is 22.3 Å². The second-order valence-corrected chi connectivity index (χ2v) is 9.10. The first kappa shape index (κ1) is 22.3. The van der Waals surface area contributed by atoms with Gasteiger partial charge in [-0.2, -0.15) is 4.39 Å². The highest BCUT2D eigenvalue weighted by molar-refractivity contribution is 5.99. The largest absolute Gasteiger partial charge is 0.383 e. The molecule has 2 aliphatic rings. The van der Waals surface area contributed by atoms with Crippen LogP contribution in [0.3, 0.4) is 0 Å². The molecule has 0 radical (unpaired) electrons. The van der Waals surface area contributed by atoms with E-state index in [9.17, 15) is 13.6 Å². The fourth-order valence-corrected chi connectivity index (χ4v) is 4.76. The molecule has 1 aromatic heterocycles. The number of nitrogen functional groups attached to an aromatic ring is 1. The first-order valence-electron chi connectivity index (χ1n) is 11.5. The Hall–Kier alpha value is -3.52. The van der Waals surface area contributed by atoms with Crippen LogP contribution in [0.1, 0.15) is 29.8 Å². The lowest BCUT2D eigenvalue weighted by atomic mass is 9.97. The number of nitrogens with one attached hydrogen (secondary N) is 1. The minimum atomic E-state index is -0.682. The molecular weight excluding hydrogens is 436 g/mol. The highest BCUT2D eigenvalue weighted by atomic mass is 19.1. The summed E-state index contributed by atoms with van der Waals surface area (Å²) in [6.07, 6.45) is 0. The number of nitrogens with zero attached hydrogens (tertiary/aromatic N) is 3. The number of benzene rings is 2. The molecule has 0 aliphatic carbocycles. The van der Waals surface area contributed by atoms with Gasteiger partial charge < -0.3 is 16.0 Å². The molecule has 0 spiro atoms. The van der Waals surface area contributed by atoms with Crippen molar-refractivity contribution in [2.45, 2.75) is 26.4 Å². The van der Waals surface area contributed by atoms with E-state index in [4.69, 9.17) is 5.73 Å². The van der Waals surface area contributed by atoms with Gasteiger partial charge in [-0.25, -0.2) is 9.37 Å². The molecule has 1 saturated heterocycles. The summed E-state index contributed by atoms with van der Waals surface area (Å²) >= 11 is 0. The van der Waals surface area contributed by atoms with E-state index < -0.39 is 17.7 Å². The van der Waals surface area contributed by atoms with Crippen molar-refractivity contribution in [2.24, 2.45) is 0 Å². The van der Waals surface area contributed by atoms with Crippen molar-refractivity contribution in [2.75, 3.05) is 36.8 Å². The van der Waals surface area contributed by atoms with Gasteiger partial charge in [-0.05, 0) is 60.9 Å². The smallest absolute Gasteiger partial charge is 0.254 e. The summed E-state index contributed by atoms with van der Waals surface area (Å²) < 4.78 is 29.4. The molecule has 1 fully saturated rings. The minimum Gasteiger partial charge on any atom is -0.383 e. The second-order valence-electron chi connectivity index (χ2n) is 9.10. The molecule has 0 saturated carbocycles. The number of rotatable bonds is 4. The SMILES string of the molecule is CC(C)N1CCN(c2ccc(-c3cc(-c4cc(F)c5c(c4)CNC5=O)c(N)nc3F)cc2)CC1. The van der Waals surface area contributed by atoms with Gasteiger partial charge in [0, 0.05) is 55.6 Å². The van der Waals surface area contributed by atoms with E-state index in [1.807, 2.05) is 24.3 Å². The maximum absolute atomic E-state index is 14.8. The van der Waals surface area contributed by atoms with Crippen molar-refractivity contribution in [3.8, 4) is 22.3 Å². The number of hydrogen-bond acceptors (Lipinski definition) is 5. The van der Waals surface area contributed by atoms with Gasteiger partial charge in [0.1, 0.15) is 11.6 Å². The number of carbonyl (C=O) groups excluding carboxylic acids is 1. The first-order valence-corrected chi connectivity index (χ1v) is 11.5. The maximum Gasteiger partial charge on any atom is 0.254 e. The molecule has 34 heavy (non-hydrogen) atoms. The third kappa shape index (κ3) is 3.98.